The second-order valence-corrected chi connectivity index (χ2v) is 9.63. The fourth-order valence-corrected chi connectivity index (χ4v) is 5.74. The maximum absolute atomic E-state index is 2.36. The fourth-order valence-electron chi connectivity index (χ4n) is 5.74. The summed E-state index contributed by atoms with van der Waals surface area (Å²) < 4.78 is 0. The Morgan fingerprint density at radius 2 is 0.971 bits per heavy atom. The standard InChI is InChI=1S/C34H24/c1-21-15-22(2)17-29(16-21)30-19-27-10-8-24-11-13-31(32-14-12-28(20-30)33(27)34(24)32)26-9-7-23-5-3-4-6-25(23)18-26/h3-20H,1-2H3. The van der Waals surface area contributed by atoms with Crippen molar-refractivity contribution in [3.8, 4) is 22.3 Å². The van der Waals surface area contributed by atoms with E-state index in [9.17, 15) is 0 Å². The molecule has 0 unspecified atom stereocenters. The van der Waals surface area contributed by atoms with Gasteiger partial charge in [0.05, 0.1) is 0 Å². The summed E-state index contributed by atoms with van der Waals surface area (Å²) in [6.45, 7) is 4.35. The van der Waals surface area contributed by atoms with Crippen LogP contribution in [-0.4, -0.2) is 0 Å². The first-order valence-electron chi connectivity index (χ1n) is 11.9. The smallest absolute Gasteiger partial charge is 0.00206 e. The van der Waals surface area contributed by atoms with Crippen molar-refractivity contribution in [1.29, 1.82) is 0 Å². The lowest BCUT2D eigenvalue weighted by atomic mass is 9.87. The number of rotatable bonds is 2. The first-order chi connectivity index (χ1) is 16.6. The van der Waals surface area contributed by atoms with E-state index in [0.717, 1.165) is 0 Å². The minimum absolute atomic E-state index is 1.27. The Balaban J connectivity index is 1.50. The van der Waals surface area contributed by atoms with E-state index in [4.69, 9.17) is 0 Å². The molecule has 0 aliphatic rings. The molecule has 0 N–H and O–H groups in total. The van der Waals surface area contributed by atoms with E-state index in [1.807, 2.05) is 0 Å². The van der Waals surface area contributed by atoms with Crippen LogP contribution in [0.5, 0.6) is 0 Å². The van der Waals surface area contributed by atoms with Crippen LogP contribution >= 0.6 is 0 Å². The van der Waals surface area contributed by atoms with Crippen LogP contribution in [0.15, 0.2) is 109 Å². The topological polar surface area (TPSA) is 0 Å². The largest absolute Gasteiger partial charge is 0.0616 e. The Morgan fingerprint density at radius 1 is 0.382 bits per heavy atom. The highest BCUT2D eigenvalue weighted by Gasteiger charge is 2.14. The van der Waals surface area contributed by atoms with Crippen LogP contribution in [0.25, 0.3) is 65.3 Å². The van der Waals surface area contributed by atoms with E-state index < -0.39 is 0 Å². The summed E-state index contributed by atoms with van der Waals surface area (Å²) in [6, 6.07) is 40.7. The van der Waals surface area contributed by atoms with Gasteiger partial charge in [0.2, 0.25) is 0 Å². The Labute approximate surface area is 199 Å². The molecule has 0 radical (unpaired) electrons. The van der Waals surface area contributed by atoms with Crippen molar-refractivity contribution in [2.75, 3.05) is 0 Å². The summed E-state index contributed by atoms with van der Waals surface area (Å²) >= 11 is 0. The van der Waals surface area contributed by atoms with Crippen molar-refractivity contribution < 1.29 is 0 Å². The third-order valence-electron chi connectivity index (χ3n) is 7.21. The molecule has 0 bridgehead atoms. The summed E-state index contributed by atoms with van der Waals surface area (Å²) in [5, 5.41) is 10.5. The van der Waals surface area contributed by atoms with Crippen molar-refractivity contribution in [1.82, 2.24) is 0 Å². The molecule has 0 aliphatic carbocycles. The van der Waals surface area contributed by atoms with E-state index in [0.29, 0.717) is 0 Å². The van der Waals surface area contributed by atoms with Crippen molar-refractivity contribution in [3.63, 3.8) is 0 Å². The van der Waals surface area contributed by atoms with Gasteiger partial charge in [-0.15, -0.1) is 0 Å². The number of hydrogen-bond acceptors (Lipinski definition) is 0. The fraction of sp³-hybridized carbons (Fsp3) is 0.0588. The normalized spacial score (nSPS) is 11.8. The molecule has 0 aliphatic heterocycles. The molecule has 0 spiro atoms. The summed E-state index contributed by atoms with van der Waals surface area (Å²) in [7, 11) is 0. The molecule has 160 valence electrons. The van der Waals surface area contributed by atoms with Gasteiger partial charge in [0, 0.05) is 0 Å². The molecule has 0 nitrogen and oxygen atoms in total. The first kappa shape index (κ1) is 19.3. The van der Waals surface area contributed by atoms with Crippen LogP contribution in [0, 0.1) is 13.8 Å². The monoisotopic (exact) mass is 432 g/mol. The van der Waals surface area contributed by atoms with Crippen molar-refractivity contribution in [3.05, 3.63) is 120 Å². The van der Waals surface area contributed by atoms with Crippen molar-refractivity contribution in [2.24, 2.45) is 0 Å². The van der Waals surface area contributed by atoms with Crippen LogP contribution < -0.4 is 0 Å². The number of hydrogen-bond donors (Lipinski definition) is 0. The lowest BCUT2D eigenvalue weighted by molar-refractivity contribution is 1.38. The van der Waals surface area contributed by atoms with Crippen molar-refractivity contribution >= 4 is 43.1 Å². The molecule has 7 aromatic rings. The highest BCUT2D eigenvalue weighted by atomic mass is 14.2. The van der Waals surface area contributed by atoms with E-state index in [-0.39, 0.29) is 0 Å². The molecule has 7 rings (SSSR count). The lowest BCUT2D eigenvalue weighted by Crippen LogP contribution is -1.89. The molecule has 0 saturated heterocycles. The highest BCUT2D eigenvalue weighted by molar-refractivity contribution is 6.26. The van der Waals surface area contributed by atoms with Gasteiger partial charge in [-0.2, -0.15) is 0 Å². The zero-order valence-electron chi connectivity index (χ0n) is 19.4. The van der Waals surface area contributed by atoms with Gasteiger partial charge in [-0.3, -0.25) is 0 Å². The highest BCUT2D eigenvalue weighted by Crippen LogP contribution is 2.41. The maximum atomic E-state index is 2.36. The van der Waals surface area contributed by atoms with Crippen LogP contribution in [0.1, 0.15) is 11.1 Å². The third-order valence-corrected chi connectivity index (χ3v) is 7.21. The summed E-state index contributed by atoms with van der Waals surface area (Å²) in [5.74, 6) is 0. The molecule has 0 saturated carbocycles. The quantitative estimate of drug-likeness (QED) is 0.239. The number of aryl methyl sites for hydroxylation is 2. The zero-order chi connectivity index (χ0) is 22.8. The van der Waals surface area contributed by atoms with Gasteiger partial charge >= 0.3 is 0 Å². The van der Waals surface area contributed by atoms with Gasteiger partial charge in [0.1, 0.15) is 0 Å². The Kier molecular flexibility index (Phi) is 4.07. The van der Waals surface area contributed by atoms with E-state index in [1.54, 1.807) is 0 Å². The van der Waals surface area contributed by atoms with Gasteiger partial charge < -0.3 is 0 Å². The minimum Gasteiger partial charge on any atom is -0.0616 e. The van der Waals surface area contributed by atoms with Crippen LogP contribution in [0.2, 0.25) is 0 Å². The minimum atomic E-state index is 1.27. The summed E-state index contributed by atoms with van der Waals surface area (Å²) in [6.07, 6.45) is 0. The average Bonchev–Trinajstić information content (AvgIpc) is 2.86. The Bertz CT molecular complexity index is 1830. The molecule has 0 heterocycles. The molecule has 0 atom stereocenters. The van der Waals surface area contributed by atoms with Crippen LogP contribution in [0.4, 0.5) is 0 Å². The van der Waals surface area contributed by atoms with E-state index in [2.05, 4.69) is 123 Å². The van der Waals surface area contributed by atoms with Gasteiger partial charge in [0.15, 0.2) is 0 Å². The van der Waals surface area contributed by atoms with E-state index in [1.165, 1.54) is 76.5 Å². The lowest BCUT2D eigenvalue weighted by Gasteiger charge is -2.16. The third kappa shape index (κ3) is 2.92. The van der Waals surface area contributed by atoms with Gasteiger partial charge in [-0.1, -0.05) is 102 Å². The summed E-state index contributed by atoms with van der Waals surface area (Å²) in [5.41, 5.74) is 7.76. The first-order valence-corrected chi connectivity index (χ1v) is 11.9. The van der Waals surface area contributed by atoms with Crippen molar-refractivity contribution in [2.45, 2.75) is 13.8 Å². The van der Waals surface area contributed by atoms with E-state index >= 15 is 0 Å². The predicted octanol–water partition coefficient (Wildman–Crippen LogP) is 9.69. The molecule has 0 fully saturated rings. The average molecular weight is 433 g/mol. The Morgan fingerprint density at radius 3 is 1.76 bits per heavy atom. The molecule has 0 aromatic heterocycles. The predicted molar refractivity (Wildman–Crippen MR) is 148 cm³/mol. The molecule has 0 heteroatoms. The Hall–Kier alpha value is -4.16. The number of fused-ring (bicyclic) bond motifs is 1. The zero-order valence-corrected chi connectivity index (χ0v) is 19.4. The summed E-state index contributed by atoms with van der Waals surface area (Å²) in [4.78, 5) is 0. The molecule has 34 heavy (non-hydrogen) atoms. The van der Waals surface area contributed by atoms with Gasteiger partial charge in [-0.25, -0.2) is 0 Å². The number of benzene rings is 7. The molecule has 0 amide bonds. The molecular weight excluding hydrogens is 408 g/mol. The molecule has 7 aromatic carbocycles. The second-order valence-electron chi connectivity index (χ2n) is 9.63. The van der Waals surface area contributed by atoms with Crippen LogP contribution in [0.3, 0.4) is 0 Å². The SMILES string of the molecule is Cc1cc(C)cc(-c2cc3ccc4ccc(-c5ccc6ccccc6c5)c5ccc(c2)c3c45)c1. The maximum Gasteiger partial charge on any atom is -0.00206 e. The van der Waals surface area contributed by atoms with Gasteiger partial charge in [0.25, 0.3) is 0 Å². The second kappa shape index (κ2) is 7.17. The van der Waals surface area contributed by atoms with Crippen LogP contribution in [-0.2, 0) is 0 Å². The van der Waals surface area contributed by atoms with Gasteiger partial charge in [-0.05, 0) is 97.4 Å². The molecular formula is C34H24.